The summed E-state index contributed by atoms with van der Waals surface area (Å²) >= 11 is 0. The Labute approximate surface area is 110 Å². The van der Waals surface area contributed by atoms with Gasteiger partial charge >= 0.3 is 0 Å². The van der Waals surface area contributed by atoms with E-state index < -0.39 is 0 Å². The van der Waals surface area contributed by atoms with Crippen molar-refractivity contribution in [3.05, 3.63) is 0 Å². The van der Waals surface area contributed by atoms with E-state index in [2.05, 4.69) is 6.92 Å². The van der Waals surface area contributed by atoms with E-state index in [4.69, 9.17) is 10.5 Å². The Balaban J connectivity index is 1.91. The molecule has 1 aliphatic heterocycles. The van der Waals surface area contributed by atoms with Crippen molar-refractivity contribution in [2.24, 2.45) is 17.6 Å². The molecular formula is C14H26N2O2. The molecule has 0 aromatic rings. The molecule has 0 bridgehead atoms. The summed E-state index contributed by atoms with van der Waals surface area (Å²) < 4.78 is 5.34. The Hall–Kier alpha value is -0.610. The normalized spacial score (nSPS) is 34.6. The summed E-state index contributed by atoms with van der Waals surface area (Å²) in [5.74, 6) is 0.806. The minimum Gasteiger partial charge on any atom is -0.381 e. The molecule has 0 aromatic carbocycles. The predicted octanol–water partition coefficient (Wildman–Crippen LogP) is 1.39. The summed E-state index contributed by atoms with van der Waals surface area (Å²) in [4.78, 5) is 14.5. The topological polar surface area (TPSA) is 55.6 Å². The van der Waals surface area contributed by atoms with Crippen LogP contribution in [0.2, 0.25) is 0 Å². The van der Waals surface area contributed by atoms with E-state index in [9.17, 15) is 4.79 Å². The number of rotatable bonds is 2. The third-order valence-corrected chi connectivity index (χ3v) is 4.70. The minimum atomic E-state index is 0.0476. The fourth-order valence-electron chi connectivity index (χ4n) is 3.28. The lowest BCUT2D eigenvalue weighted by Crippen LogP contribution is -2.51. The summed E-state index contributed by atoms with van der Waals surface area (Å²) in [6, 6.07) is 0.0476. The van der Waals surface area contributed by atoms with Gasteiger partial charge in [-0.05, 0) is 31.6 Å². The fourth-order valence-corrected chi connectivity index (χ4v) is 3.28. The van der Waals surface area contributed by atoms with Gasteiger partial charge in [0.15, 0.2) is 0 Å². The van der Waals surface area contributed by atoms with Crippen molar-refractivity contribution in [3.63, 3.8) is 0 Å². The quantitative estimate of drug-likeness (QED) is 0.810. The SMILES string of the molecule is COC1CCN(C(=O)C2CCCC(C)C2N)CC1. The van der Waals surface area contributed by atoms with E-state index in [1.807, 2.05) is 4.90 Å². The molecule has 1 aliphatic carbocycles. The summed E-state index contributed by atoms with van der Waals surface area (Å²) in [5, 5.41) is 0. The molecule has 2 N–H and O–H groups in total. The first-order valence-electron chi connectivity index (χ1n) is 7.20. The van der Waals surface area contributed by atoms with Gasteiger partial charge in [0.2, 0.25) is 5.91 Å². The van der Waals surface area contributed by atoms with Crippen LogP contribution < -0.4 is 5.73 Å². The molecule has 0 spiro atoms. The molecular weight excluding hydrogens is 228 g/mol. The van der Waals surface area contributed by atoms with Crippen LogP contribution in [0.25, 0.3) is 0 Å². The number of piperidine rings is 1. The van der Waals surface area contributed by atoms with Crippen LogP contribution in [0.5, 0.6) is 0 Å². The minimum absolute atomic E-state index is 0.0476. The van der Waals surface area contributed by atoms with Crippen molar-refractivity contribution in [2.45, 2.75) is 51.2 Å². The van der Waals surface area contributed by atoms with Gasteiger partial charge in [-0.2, -0.15) is 0 Å². The van der Waals surface area contributed by atoms with Crippen molar-refractivity contribution in [1.29, 1.82) is 0 Å². The lowest BCUT2D eigenvalue weighted by Gasteiger charge is -2.38. The average molecular weight is 254 g/mol. The van der Waals surface area contributed by atoms with Crippen LogP contribution in [0.4, 0.5) is 0 Å². The summed E-state index contributed by atoms with van der Waals surface area (Å²) in [6.07, 6.45) is 5.51. The number of methoxy groups -OCH3 is 1. The van der Waals surface area contributed by atoms with Crippen LogP contribution in [-0.2, 0) is 9.53 Å². The summed E-state index contributed by atoms with van der Waals surface area (Å²) in [7, 11) is 1.75. The highest BCUT2D eigenvalue weighted by Gasteiger charge is 2.36. The molecule has 2 aliphatic rings. The van der Waals surface area contributed by atoms with Gasteiger partial charge in [-0.15, -0.1) is 0 Å². The standard InChI is InChI=1S/C14H26N2O2/c1-10-4-3-5-12(13(10)15)14(17)16-8-6-11(18-2)7-9-16/h10-13H,3-9,15H2,1-2H3. The monoisotopic (exact) mass is 254 g/mol. The second kappa shape index (κ2) is 6.02. The maximum atomic E-state index is 12.5. The smallest absolute Gasteiger partial charge is 0.227 e. The largest absolute Gasteiger partial charge is 0.381 e. The number of carbonyl (C=O) groups excluding carboxylic acids is 1. The highest BCUT2D eigenvalue weighted by molar-refractivity contribution is 5.79. The zero-order valence-corrected chi connectivity index (χ0v) is 11.6. The Morgan fingerprint density at radius 1 is 1.22 bits per heavy atom. The van der Waals surface area contributed by atoms with Gasteiger partial charge in [-0.3, -0.25) is 4.79 Å². The molecule has 0 aromatic heterocycles. The van der Waals surface area contributed by atoms with E-state index in [1.54, 1.807) is 7.11 Å². The predicted molar refractivity (Wildman–Crippen MR) is 71.1 cm³/mol. The number of likely N-dealkylation sites (tertiary alicyclic amines) is 1. The highest BCUT2D eigenvalue weighted by Crippen LogP contribution is 2.30. The number of ether oxygens (including phenoxy) is 1. The number of nitrogens with two attached hydrogens (primary N) is 1. The second-order valence-electron chi connectivity index (χ2n) is 5.85. The number of carbonyl (C=O) groups is 1. The lowest BCUT2D eigenvalue weighted by molar-refractivity contribution is -0.140. The Morgan fingerprint density at radius 2 is 1.89 bits per heavy atom. The highest BCUT2D eigenvalue weighted by atomic mass is 16.5. The van der Waals surface area contributed by atoms with Gasteiger partial charge in [-0.1, -0.05) is 13.3 Å². The Kier molecular flexibility index (Phi) is 4.62. The first-order chi connectivity index (χ1) is 8.63. The van der Waals surface area contributed by atoms with E-state index in [0.717, 1.165) is 45.2 Å². The lowest BCUT2D eigenvalue weighted by atomic mass is 9.77. The first kappa shape index (κ1) is 13.8. The van der Waals surface area contributed by atoms with E-state index in [1.165, 1.54) is 0 Å². The summed E-state index contributed by atoms with van der Waals surface area (Å²) in [5.41, 5.74) is 6.21. The maximum Gasteiger partial charge on any atom is 0.227 e. The summed E-state index contributed by atoms with van der Waals surface area (Å²) in [6.45, 7) is 3.82. The fraction of sp³-hybridized carbons (Fsp3) is 0.929. The molecule has 1 heterocycles. The van der Waals surface area contributed by atoms with Crippen molar-refractivity contribution in [3.8, 4) is 0 Å². The molecule has 2 fully saturated rings. The van der Waals surface area contributed by atoms with Gasteiger partial charge in [0, 0.05) is 26.2 Å². The zero-order valence-electron chi connectivity index (χ0n) is 11.6. The molecule has 0 radical (unpaired) electrons. The first-order valence-corrected chi connectivity index (χ1v) is 7.20. The third kappa shape index (κ3) is 2.86. The van der Waals surface area contributed by atoms with E-state index in [0.29, 0.717) is 12.0 Å². The van der Waals surface area contributed by atoms with Gasteiger partial charge in [0.25, 0.3) is 0 Å². The molecule has 3 unspecified atom stereocenters. The van der Waals surface area contributed by atoms with Gasteiger partial charge in [0.05, 0.1) is 12.0 Å². The van der Waals surface area contributed by atoms with Gasteiger partial charge in [-0.25, -0.2) is 0 Å². The van der Waals surface area contributed by atoms with Crippen LogP contribution in [0, 0.1) is 11.8 Å². The van der Waals surface area contributed by atoms with Crippen molar-refractivity contribution >= 4 is 5.91 Å². The van der Waals surface area contributed by atoms with Crippen LogP contribution >= 0.6 is 0 Å². The van der Waals surface area contributed by atoms with Crippen LogP contribution in [0.1, 0.15) is 39.0 Å². The van der Waals surface area contributed by atoms with Crippen LogP contribution in [0.15, 0.2) is 0 Å². The van der Waals surface area contributed by atoms with Crippen molar-refractivity contribution in [2.75, 3.05) is 20.2 Å². The molecule has 4 heteroatoms. The maximum absolute atomic E-state index is 12.5. The Morgan fingerprint density at radius 3 is 2.50 bits per heavy atom. The van der Waals surface area contributed by atoms with Gasteiger partial charge in [0.1, 0.15) is 0 Å². The van der Waals surface area contributed by atoms with Crippen molar-refractivity contribution < 1.29 is 9.53 Å². The van der Waals surface area contributed by atoms with Crippen LogP contribution in [-0.4, -0.2) is 43.2 Å². The van der Waals surface area contributed by atoms with Crippen LogP contribution in [0.3, 0.4) is 0 Å². The zero-order chi connectivity index (χ0) is 13.1. The molecule has 104 valence electrons. The van der Waals surface area contributed by atoms with Gasteiger partial charge < -0.3 is 15.4 Å². The van der Waals surface area contributed by atoms with E-state index >= 15 is 0 Å². The number of amides is 1. The number of hydrogen-bond donors (Lipinski definition) is 1. The molecule has 18 heavy (non-hydrogen) atoms. The van der Waals surface area contributed by atoms with E-state index in [-0.39, 0.29) is 17.9 Å². The number of hydrogen-bond acceptors (Lipinski definition) is 3. The molecule has 3 atom stereocenters. The van der Waals surface area contributed by atoms with Crippen molar-refractivity contribution in [1.82, 2.24) is 4.90 Å². The third-order valence-electron chi connectivity index (χ3n) is 4.70. The molecule has 2 rings (SSSR count). The molecule has 1 saturated carbocycles. The molecule has 1 saturated heterocycles. The second-order valence-corrected chi connectivity index (χ2v) is 5.85. The number of nitrogens with zero attached hydrogens (tertiary/aromatic N) is 1. The Bertz CT molecular complexity index is 288. The molecule has 4 nitrogen and oxygen atoms in total. The average Bonchev–Trinajstić information content (AvgIpc) is 2.41. The molecule has 1 amide bonds.